The van der Waals surface area contributed by atoms with E-state index in [9.17, 15) is 0 Å². The van der Waals surface area contributed by atoms with Gasteiger partial charge in [0.15, 0.2) is 0 Å². The van der Waals surface area contributed by atoms with Gasteiger partial charge in [-0.15, -0.1) is 0 Å². The number of benzene rings is 2. The molecule has 0 bridgehead atoms. The lowest BCUT2D eigenvalue weighted by Gasteiger charge is -1.97. The van der Waals surface area contributed by atoms with Crippen LogP contribution in [0.4, 0.5) is 0 Å². The molecule has 2 rings (SSSR count). The van der Waals surface area contributed by atoms with Crippen molar-refractivity contribution in [2.24, 2.45) is 0 Å². The molecule has 108 valence electrons. The van der Waals surface area contributed by atoms with E-state index in [4.69, 9.17) is 0 Å². The fourth-order valence-electron chi connectivity index (χ4n) is 2.09. The van der Waals surface area contributed by atoms with Crippen molar-refractivity contribution in [1.29, 1.82) is 0 Å². The van der Waals surface area contributed by atoms with Crippen molar-refractivity contribution in [3.05, 3.63) is 70.8 Å². The topological polar surface area (TPSA) is 0 Å². The smallest absolute Gasteiger partial charge is 0.0281 e. The Labute approximate surface area is 124 Å². The largest absolute Gasteiger partial charge is 0.0651 e. The van der Waals surface area contributed by atoms with Gasteiger partial charge in [-0.05, 0) is 37.8 Å². The Morgan fingerprint density at radius 2 is 0.850 bits per heavy atom. The van der Waals surface area contributed by atoms with Crippen LogP contribution < -0.4 is 0 Å². The molecule has 0 saturated carbocycles. The minimum absolute atomic E-state index is 1.21. The SMILES string of the molecule is CCCc1ccc(C)cc1.CCCc1ccc(C)cc1. The summed E-state index contributed by atoms with van der Waals surface area (Å²) in [6.07, 6.45) is 4.90. The summed E-state index contributed by atoms with van der Waals surface area (Å²) in [5.41, 5.74) is 5.60. The normalized spacial score (nSPS) is 9.80. The number of rotatable bonds is 4. The highest BCUT2D eigenvalue weighted by molar-refractivity contribution is 5.21. The molecule has 2 aromatic carbocycles. The van der Waals surface area contributed by atoms with Gasteiger partial charge in [-0.1, -0.05) is 86.3 Å². The molecule has 0 heteroatoms. The number of hydrogen-bond donors (Lipinski definition) is 0. The van der Waals surface area contributed by atoms with Crippen LogP contribution in [-0.4, -0.2) is 0 Å². The van der Waals surface area contributed by atoms with Crippen LogP contribution in [0.25, 0.3) is 0 Å². The van der Waals surface area contributed by atoms with E-state index in [1.165, 1.54) is 47.9 Å². The minimum atomic E-state index is 1.21. The number of aryl methyl sites for hydroxylation is 4. The molecule has 0 spiro atoms. The lowest BCUT2D eigenvalue weighted by Crippen LogP contribution is -1.81. The van der Waals surface area contributed by atoms with Gasteiger partial charge < -0.3 is 0 Å². The van der Waals surface area contributed by atoms with Crippen molar-refractivity contribution < 1.29 is 0 Å². The van der Waals surface area contributed by atoms with Crippen LogP contribution in [0.1, 0.15) is 48.9 Å². The number of hydrogen-bond acceptors (Lipinski definition) is 0. The van der Waals surface area contributed by atoms with Gasteiger partial charge in [-0.25, -0.2) is 0 Å². The Hall–Kier alpha value is -1.56. The monoisotopic (exact) mass is 268 g/mol. The summed E-state index contributed by atoms with van der Waals surface area (Å²) in [6, 6.07) is 17.5. The fourth-order valence-corrected chi connectivity index (χ4v) is 2.09. The first-order chi connectivity index (χ1) is 9.65. The zero-order valence-electron chi connectivity index (χ0n) is 13.4. The van der Waals surface area contributed by atoms with E-state index in [2.05, 4.69) is 76.2 Å². The molecular formula is C20H28. The molecule has 0 aliphatic carbocycles. The van der Waals surface area contributed by atoms with E-state index < -0.39 is 0 Å². The third-order valence-electron chi connectivity index (χ3n) is 3.32. The maximum Gasteiger partial charge on any atom is -0.0281 e. The van der Waals surface area contributed by atoms with Gasteiger partial charge in [0.1, 0.15) is 0 Å². The van der Waals surface area contributed by atoms with Gasteiger partial charge in [0, 0.05) is 0 Å². The molecule has 0 aliphatic heterocycles. The summed E-state index contributed by atoms with van der Waals surface area (Å²) < 4.78 is 0. The van der Waals surface area contributed by atoms with E-state index in [1.54, 1.807) is 0 Å². The van der Waals surface area contributed by atoms with Crippen LogP contribution in [0.2, 0.25) is 0 Å². The first-order valence-corrected chi connectivity index (χ1v) is 7.76. The first-order valence-electron chi connectivity index (χ1n) is 7.76. The summed E-state index contributed by atoms with van der Waals surface area (Å²) >= 11 is 0. The fraction of sp³-hybridized carbons (Fsp3) is 0.400. The molecule has 0 saturated heterocycles. The van der Waals surface area contributed by atoms with Crippen LogP contribution >= 0.6 is 0 Å². The van der Waals surface area contributed by atoms with Gasteiger partial charge in [0.05, 0.1) is 0 Å². The molecule has 0 heterocycles. The molecule has 0 radical (unpaired) electrons. The van der Waals surface area contributed by atoms with Gasteiger partial charge in [-0.2, -0.15) is 0 Å². The summed E-state index contributed by atoms with van der Waals surface area (Å²) in [4.78, 5) is 0. The second-order valence-electron chi connectivity index (χ2n) is 5.47. The molecule has 0 amide bonds. The highest BCUT2D eigenvalue weighted by Gasteiger charge is 1.88. The third-order valence-corrected chi connectivity index (χ3v) is 3.32. The molecule has 2 aromatic rings. The van der Waals surface area contributed by atoms with Crippen molar-refractivity contribution in [1.82, 2.24) is 0 Å². The van der Waals surface area contributed by atoms with Crippen LogP contribution in [0.15, 0.2) is 48.5 Å². The standard InChI is InChI=1S/2C10H14/c2*1-3-4-10-7-5-9(2)6-8-10/h2*5-8H,3-4H2,1-2H3. The van der Waals surface area contributed by atoms with E-state index in [-0.39, 0.29) is 0 Å². The zero-order chi connectivity index (χ0) is 14.8. The maximum absolute atomic E-state index is 2.21. The van der Waals surface area contributed by atoms with Gasteiger partial charge in [0.2, 0.25) is 0 Å². The predicted molar refractivity (Wildman–Crippen MR) is 90.3 cm³/mol. The Bertz CT molecular complexity index is 415. The van der Waals surface area contributed by atoms with Crippen LogP contribution in [0, 0.1) is 13.8 Å². The average molecular weight is 268 g/mol. The molecule has 0 nitrogen and oxygen atoms in total. The van der Waals surface area contributed by atoms with Crippen LogP contribution in [0.3, 0.4) is 0 Å². The summed E-state index contributed by atoms with van der Waals surface area (Å²) in [6.45, 7) is 8.66. The molecule has 0 atom stereocenters. The second-order valence-corrected chi connectivity index (χ2v) is 5.47. The highest BCUT2D eigenvalue weighted by Crippen LogP contribution is 2.05. The molecule has 20 heavy (non-hydrogen) atoms. The summed E-state index contributed by atoms with van der Waals surface area (Å²) in [7, 11) is 0. The molecule has 0 aliphatic rings. The molecule has 0 fully saturated rings. The van der Waals surface area contributed by atoms with E-state index in [1.807, 2.05) is 0 Å². The second kappa shape index (κ2) is 9.36. The van der Waals surface area contributed by atoms with Crippen LogP contribution in [0.5, 0.6) is 0 Å². The highest BCUT2D eigenvalue weighted by atomic mass is 13.9. The molecule has 0 N–H and O–H groups in total. The predicted octanol–water partition coefficient (Wildman–Crippen LogP) is 5.90. The summed E-state index contributed by atoms with van der Waals surface area (Å²) in [5, 5.41) is 0. The lowest BCUT2D eigenvalue weighted by atomic mass is 10.1. The van der Waals surface area contributed by atoms with E-state index in [0.29, 0.717) is 0 Å². The van der Waals surface area contributed by atoms with Crippen molar-refractivity contribution in [3.8, 4) is 0 Å². The van der Waals surface area contributed by atoms with Gasteiger partial charge >= 0.3 is 0 Å². The Kier molecular flexibility index (Phi) is 7.72. The Morgan fingerprint density at radius 3 is 1.10 bits per heavy atom. The first kappa shape index (κ1) is 16.5. The molecule has 0 aromatic heterocycles. The third kappa shape index (κ3) is 6.56. The van der Waals surface area contributed by atoms with Gasteiger partial charge in [-0.3, -0.25) is 0 Å². The summed E-state index contributed by atoms with van der Waals surface area (Å²) in [5.74, 6) is 0. The zero-order valence-corrected chi connectivity index (χ0v) is 13.4. The van der Waals surface area contributed by atoms with Crippen molar-refractivity contribution in [2.75, 3.05) is 0 Å². The maximum atomic E-state index is 2.21. The Balaban J connectivity index is 0.000000200. The van der Waals surface area contributed by atoms with E-state index >= 15 is 0 Å². The van der Waals surface area contributed by atoms with Crippen molar-refractivity contribution in [2.45, 2.75) is 53.4 Å². The average Bonchev–Trinajstić information content (AvgIpc) is 2.45. The van der Waals surface area contributed by atoms with Crippen LogP contribution in [-0.2, 0) is 12.8 Å². The van der Waals surface area contributed by atoms with E-state index in [0.717, 1.165) is 0 Å². The lowest BCUT2D eigenvalue weighted by molar-refractivity contribution is 0.921. The van der Waals surface area contributed by atoms with Crippen molar-refractivity contribution in [3.63, 3.8) is 0 Å². The quantitative estimate of drug-likeness (QED) is 0.648. The van der Waals surface area contributed by atoms with Gasteiger partial charge in [0.25, 0.3) is 0 Å². The minimum Gasteiger partial charge on any atom is -0.0651 e. The van der Waals surface area contributed by atoms with Crippen molar-refractivity contribution >= 4 is 0 Å². The Morgan fingerprint density at radius 1 is 0.550 bits per heavy atom. The molecular weight excluding hydrogens is 240 g/mol. The molecule has 0 unspecified atom stereocenters.